The van der Waals surface area contributed by atoms with Crippen molar-refractivity contribution >= 4 is 27.5 Å². The molecule has 2 aromatic rings. The van der Waals surface area contributed by atoms with Gasteiger partial charge in [-0.25, -0.2) is 0 Å². The molecule has 1 aromatic heterocycles. The number of nitrogens with two attached hydrogens (primary N) is 1. The highest BCUT2D eigenvalue weighted by Crippen LogP contribution is 2.29. The summed E-state index contributed by atoms with van der Waals surface area (Å²) in [5, 5.41) is 8.79. The maximum absolute atomic E-state index is 5.88. The van der Waals surface area contributed by atoms with Gasteiger partial charge in [-0.3, -0.25) is 0 Å². The SMILES string of the molecule is Cn1c(CN)nnc1-c1ccc(Cl)cc1Br. The highest BCUT2D eigenvalue weighted by atomic mass is 79.9. The fourth-order valence-corrected chi connectivity index (χ4v) is 2.30. The van der Waals surface area contributed by atoms with Gasteiger partial charge in [0.05, 0.1) is 6.54 Å². The first kappa shape index (κ1) is 11.6. The van der Waals surface area contributed by atoms with Gasteiger partial charge in [0.15, 0.2) is 5.82 Å². The second-order valence-electron chi connectivity index (χ2n) is 3.33. The first-order valence-electron chi connectivity index (χ1n) is 4.67. The van der Waals surface area contributed by atoms with Crippen molar-refractivity contribution in [3.8, 4) is 11.4 Å². The summed E-state index contributed by atoms with van der Waals surface area (Å²) in [7, 11) is 1.89. The molecule has 0 radical (unpaired) electrons. The molecule has 2 rings (SSSR count). The topological polar surface area (TPSA) is 56.7 Å². The van der Waals surface area contributed by atoms with E-state index < -0.39 is 0 Å². The van der Waals surface area contributed by atoms with Crippen LogP contribution >= 0.6 is 27.5 Å². The Labute approximate surface area is 107 Å². The minimum atomic E-state index is 0.370. The van der Waals surface area contributed by atoms with Crippen molar-refractivity contribution in [2.45, 2.75) is 6.54 Å². The zero-order valence-electron chi connectivity index (χ0n) is 8.61. The largest absolute Gasteiger partial charge is 0.324 e. The van der Waals surface area contributed by atoms with E-state index in [0.29, 0.717) is 11.6 Å². The molecule has 0 atom stereocenters. The van der Waals surface area contributed by atoms with Crippen LogP contribution in [0, 0.1) is 0 Å². The van der Waals surface area contributed by atoms with Gasteiger partial charge in [-0.2, -0.15) is 0 Å². The Kier molecular flexibility index (Phi) is 3.28. The molecule has 6 heteroatoms. The Morgan fingerprint density at radius 3 is 2.75 bits per heavy atom. The Morgan fingerprint density at radius 2 is 2.19 bits per heavy atom. The summed E-state index contributed by atoms with van der Waals surface area (Å²) in [6.07, 6.45) is 0. The molecule has 84 valence electrons. The van der Waals surface area contributed by atoms with E-state index in [-0.39, 0.29) is 0 Å². The van der Waals surface area contributed by atoms with Crippen molar-refractivity contribution in [2.75, 3.05) is 0 Å². The molecule has 0 aliphatic heterocycles. The van der Waals surface area contributed by atoms with Crippen LogP contribution in [-0.4, -0.2) is 14.8 Å². The van der Waals surface area contributed by atoms with Crippen LogP contribution in [0.2, 0.25) is 5.02 Å². The summed E-state index contributed by atoms with van der Waals surface area (Å²) in [6.45, 7) is 0.370. The van der Waals surface area contributed by atoms with Crippen LogP contribution in [0.5, 0.6) is 0 Å². The number of hydrogen-bond acceptors (Lipinski definition) is 3. The first-order chi connectivity index (χ1) is 7.63. The molecule has 1 aromatic carbocycles. The lowest BCUT2D eigenvalue weighted by molar-refractivity contribution is 0.796. The minimum Gasteiger partial charge on any atom is -0.324 e. The lowest BCUT2D eigenvalue weighted by Gasteiger charge is -2.05. The predicted octanol–water partition coefficient (Wildman–Crippen LogP) is 2.36. The summed E-state index contributed by atoms with van der Waals surface area (Å²) in [5.41, 5.74) is 6.49. The van der Waals surface area contributed by atoms with E-state index in [1.807, 2.05) is 29.8 Å². The van der Waals surface area contributed by atoms with Gasteiger partial charge in [0.25, 0.3) is 0 Å². The van der Waals surface area contributed by atoms with Crippen molar-refractivity contribution in [1.29, 1.82) is 0 Å². The van der Waals surface area contributed by atoms with Gasteiger partial charge in [-0.15, -0.1) is 10.2 Å². The number of hydrogen-bond donors (Lipinski definition) is 1. The molecule has 4 nitrogen and oxygen atoms in total. The van der Waals surface area contributed by atoms with Crippen LogP contribution < -0.4 is 5.73 Å². The maximum atomic E-state index is 5.88. The van der Waals surface area contributed by atoms with E-state index in [0.717, 1.165) is 21.7 Å². The smallest absolute Gasteiger partial charge is 0.164 e. The van der Waals surface area contributed by atoms with Crippen molar-refractivity contribution in [2.24, 2.45) is 12.8 Å². The second kappa shape index (κ2) is 4.53. The third kappa shape index (κ3) is 1.98. The van der Waals surface area contributed by atoms with Gasteiger partial charge >= 0.3 is 0 Å². The van der Waals surface area contributed by atoms with Crippen LogP contribution in [0.25, 0.3) is 11.4 Å². The number of benzene rings is 1. The fraction of sp³-hybridized carbons (Fsp3) is 0.200. The molecule has 0 bridgehead atoms. The quantitative estimate of drug-likeness (QED) is 0.926. The maximum Gasteiger partial charge on any atom is 0.164 e. The Balaban J connectivity index is 2.54. The zero-order chi connectivity index (χ0) is 11.7. The normalized spacial score (nSPS) is 10.8. The number of aromatic nitrogens is 3. The summed E-state index contributed by atoms with van der Waals surface area (Å²) in [4.78, 5) is 0. The molecule has 0 aliphatic carbocycles. The molecule has 16 heavy (non-hydrogen) atoms. The van der Waals surface area contributed by atoms with Gasteiger partial charge in [0.1, 0.15) is 5.82 Å². The van der Waals surface area contributed by atoms with Crippen LogP contribution in [0.1, 0.15) is 5.82 Å². The summed E-state index contributed by atoms with van der Waals surface area (Å²) < 4.78 is 2.76. The third-order valence-electron chi connectivity index (χ3n) is 2.32. The Morgan fingerprint density at radius 1 is 1.44 bits per heavy atom. The van der Waals surface area contributed by atoms with Gasteiger partial charge in [0, 0.05) is 22.1 Å². The zero-order valence-corrected chi connectivity index (χ0v) is 11.0. The molecule has 1 heterocycles. The highest BCUT2D eigenvalue weighted by molar-refractivity contribution is 9.10. The van der Waals surface area contributed by atoms with E-state index in [1.54, 1.807) is 0 Å². The molecule has 0 amide bonds. The molecule has 0 aliphatic rings. The molecule has 0 unspecified atom stereocenters. The Hall–Kier alpha value is -0.910. The van der Waals surface area contributed by atoms with Crippen LogP contribution in [0.15, 0.2) is 22.7 Å². The summed E-state index contributed by atoms with van der Waals surface area (Å²) in [6, 6.07) is 5.54. The molecular formula is C10H10BrClN4. The highest BCUT2D eigenvalue weighted by Gasteiger charge is 2.12. The van der Waals surface area contributed by atoms with E-state index >= 15 is 0 Å². The lowest BCUT2D eigenvalue weighted by Crippen LogP contribution is -2.05. The molecule has 0 spiro atoms. The van der Waals surface area contributed by atoms with Crippen molar-refractivity contribution in [1.82, 2.24) is 14.8 Å². The summed E-state index contributed by atoms with van der Waals surface area (Å²) >= 11 is 9.34. The minimum absolute atomic E-state index is 0.370. The molecule has 0 fully saturated rings. The van der Waals surface area contributed by atoms with Crippen molar-refractivity contribution in [3.05, 3.63) is 33.5 Å². The van der Waals surface area contributed by atoms with E-state index in [4.69, 9.17) is 17.3 Å². The van der Waals surface area contributed by atoms with Gasteiger partial charge in [0.2, 0.25) is 0 Å². The lowest BCUT2D eigenvalue weighted by atomic mass is 10.2. The average Bonchev–Trinajstić information content (AvgIpc) is 2.60. The number of rotatable bonds is 2. The molecule has 0 saturated carbocycles. The molecular weight excluding hydrogens is 291 g/mol. The Bertz CT molecular complexity index is 524. The van der Waals surface area contributed by atoms with E-state index in [9.17, 15) is 0 Å². The van der Waals surface area contributed by atoms with E-state index in [2.05, 4.69) is 26.1 Å². The molecule has 2 N–H and O–H groups in total. The van der Waals surface area contributed by atoms with Crippen LogP contribution in [0.3, 0.4) is 0 Å². The number of halogens is 2. The summed E-state index contributed by atoms with van der Waals surface area (Å²) in [5.74, 6) is 1.51. The van der Waals surface area contributed by atoms with Crippen molar-refractivity contribution in [3.63, 3.8) is 0 Å². The fourth-order valence-electron chi connectivity index (χ4n) is 1.44. The monoisotopic (exact) mass is 300 g/mol. The standard InChI is InChI=1S/C10H10BrClN4/c1-16-9(5-13)14-15-10(16)7-3-2-6(12)4-8(7)11/h2-4H,5,13H2,1H3. The average molecular weight is 302 g/mol. The van der Waals surface area contributed by atoms with Crippen molar-refractivity contribution < 1.29 is 0 Å². The van der Waals surface area contributed by atoms with E-state index in [1.165, 1.54) is 0 Å². The second-order valence-corrected chi connectivity index (χ2v) is 4.62. The third-order valence-corrected chi connectivity index (χ3v) is 3.21. The van der Waals surface area contributed by atoms with Crippen LogP contribution in [0.4, 0.5) is 0 Å². The van der Waals surface area contributed by atoms with Crippen LogP contribution in [-0.2, 0) is 13.6 Å². The number of nitrogens with zero attached hydrogens (tertiary/aromatic N) is 3. The first-order valence-corrected chi connectivity index (χ1v) is 5.84. The molecule has 0 saturated heterocycles. The van der Waals surface area contributed by atoms with Gasteiger partial charge in [-0.1, -0.05) is 11.6 Å². The van der Waals surface area contributed by atoms with Gasteiger partial charge in [-0.05, 0) is 34.1 Å². The predicted molar refractivity (Wildman–Crippen MR) is 67.0 cm³/mol. The van der Waals surface area contributed by atoms with Gasteiger partial charge < -0.3 is 10.3 Å².